The predicted octanol–water partition coefficient (Wildman–Crippen LogP) is 6.15. The summed E-state index contributed by atoms with van der Waals surface area (Å²) in [7, 11) is 7.36. The highest BCUT2D eigenvalue weighted by atomic mass is 36.0. The molecule has 0 atom stereocenters. The summed E-state index contributed by atoms with van der Waals surface area (Å²) in [5.74, 6) is -6.45. The van der Waals surface area contributed by atoms with E-state index in [1.807, 2.05) is 0 Å². The van der Waals surface area contributed by atoms with Crippen molar-refractivity contribution in [3.05, 3.63) is 91.5 Å². The van der Waals surface area contributed by atoms with E-state index in [4.69, 9.17) is 14.1 Å². The smallest absolute Gasteiger partial charge is 0.343 e. The van der Waals surface area contributed by atoms with Crippen LogP contribution in [0.2, 0.25) is 0 Å². The molecule has 0 aliphatic heterocycles. The molecule has 1 N–H and O–H groups in total. The van der Waals surface area contributed by atoms with Crippen LogP contribution in [0.5, 0.6) is 0 Å². The lowest BCUT2D eigenvalue weighted by Crippen LogP contribution is -2.21. The highest BCUT2D eigenvalue weighted by molar-refractivity contribution is 8.26. The second-order valence-corrected chi connectivity index (χ2v) is 12.3. The minimum Gasteiger partial charge on any atom is -0.477 e. The summed E-state index contributed by atoms with van der Waals surface area (Å²) in [5, 5.41) is 8.88. The van der Waals surface area contributed by atoms with Gasteiger partial charge in [0.2, 0.25) is 20.1 Å². The molecule has 2 aromatic heterocycles. The molecule has 0 radical (unpaired) electrons. The second kappa shape index (κ2) is 13.5. The first kappa shape index (κ1) is 33.1. The van der Waals surface area contributed by atoms with E-state index in [1.54, 1.807) is 16.1 Å². The van der Waals surface area contributed by atoms with E-state index < -0.39 is 60.9 Å². The van der Waals surface area contributed by atoms with Crippen LogP contribution in [0.3, 0.4) is 0 Å². The van der Waals surface area contributed by atoms with E-state index in [0.29, 0.717) is 5.52 Å². The zero-order valence-electron chi connectivity index (χ0n) is 22.6. The van der Waals surface area contributed by atoms with Gasteiger partial charge in [-0.15, -0.1) is 0 Å². The maximum absolute atomic E-state index is 13.4. The summed E-state index contributed by atoms with van der Waals surface area (Å²) in [6.07, 6.45) is 6.00. The highest BCUT2D eigenvalue weighted by Crippen LogP contribution is 2.38. The zero-order chi connectivity index (χ0) is 32.5. The first-order valence-electron chi connectivity index (χ1n) is 13.0. The Bertz CT molecular complexity index is 1940. The first-order chi connectivity index (χ1) is 20.7. The largest absolute Gasteiger partial charge is 0.477 e. The van der Waals surface area contributed by atoms with Gasteiger partial charge in [0.05, 0.1) is 17.6 Å². The Kier molecular flexibility index (Phi) is 10.2. The number of hydrogen-bond acceptors (Lipinski definition) is 6. The number of pyridine rings is 2. The molecule has 2 fully saturated rings. The Labute approximate surface area is 257 Å². The lowest BCUT2D eigenvalue weighted by Gasteiger charge is -2.12. The Morgan fingerprint density at radius 2 is 1.18 bits per heavy atom. The molecule has 0 unspecified atom stereocenters. The van der Waals surface area contributed by atoms with Crippen molar-refractivity contribution in [2.75, 3.05) is 6.61 Å². The van der Waals surface area contributed by atoms with E-state index in [2.05, 4.69) is 21.4 Å². The summed E-state index contributed by atoms with van der Waals surface area (Å²) in [6, 6.07) is 3.69. The molecule has 2 heterocycles. The summed E-state index contributed by atoms with van der Waals surface area (Å²) >= 11 is 0. The number of carbonyl (C=O) groups is 2. The van der Waals surface area contributed by atoms with Gasteiger partial charge in [-0.25, -0.2) is 31.4 Å². The van der Waals surface area contributed by atoms with Crippen LogP contribution in [0.1, 0.15) is 65.4 Å². The molecule has 0 saturated heterocycles. The van der Waals surface area contributed by atoms with Gasteiger partial charge in [-0.3, -0.25) is 9.59 Å². The molecule has 0 bridgehead atoms. The van der Waals surface area contributed by atoms with E-state index in [9.17, 15) is 36.7 Å². The van der Waals surface area contributed by atoms with Crippen molar-refractivity contribution in [1.82, 2.24) is 9.13 Å². The first-order valence-corrected chi connectivity index (χ1v) is 15.8. The summed E-state index contributed by atoms with van der Waals surface area (Å²) in [5.41, 5.74) is -1.48. The molecule has 0 amide bonds. The standard InChI is InChI=1S/C15H13F2NO3.C13H9F2NO3.Cl2OS/c1-2-21-15(20)10-7-18(8-3-4-8)13-6-12(17)11(16)5-9(13)14(10)19;14-9-3-7-11(4-10(9)15)16(6-1-2-6)5-8(12(7)17)13(18)19;1-4(2)3/h5-8H,2-4H2,1H3;3-6H,1-2H2,(H,18,19);. The fraction of sp³-hybridized carbons (Fsp3) is 0.286. The Morgan fingerprint density at radius 1 is 0.818 bits per heavy atom. The monoisotopic (exact) mass is 676 g/mol. The Balaban J connectivity index is 0.000000180. The summed E-state index contributed by atoms with van der Waals surface area (Å²) in [6.45, 7) is 1.77. The number of esters is 1. The number of carboxylic acid groups (broad SMARTS) is 1. The minimum atomic E-state index is -1.67. The summed E-state index contributed by atoms with van der Waals surface area (Å²) < 4.78 is 70.5. The van der Waals surface area contributed by atoms with Gasteiger partial charge in [-0.2, -0.15) is 0 Å². The maximum atomic E-state index is 13.4. The number of benzene rings is 2. The third-order valence-electron chi connectivity index (χ3n) is 6.75. The third-order valence-corrected chi connectivity index (χ3v) is 6.75. The second-order valence-electron chi connectivity index (χ2n) is 9.80. The van der Waals surface area contributed by atoms with Crippen molar-refractivity contribution >= 4 is 64.3 Å². The van der Waals surface area contributed by atoms with Crippen molar-refractivity contribution in [2.24, 2.45) is 0 Å². The normalized spacial score (nSPS) is 14.1. The van der Waals surface area contributed by atoms with Crippen LogP contribution in [-0.2, 0) is 14.0 Å². The average Bonchev–Trinajstić information content (AvgIpc) is 3.86. The molecule has 2 aromatic carbocycles. The molecule has 16 heteroatoms. The van der Waals surface area contributed by atoms with Crippen molar-refractivity contribution < 1.29 is 41.2 Å². The number of carboxylic acids is 1. The van der Waals surface area contributed by atoms with Gasteiger partial charge in [0.1, 0.15) is 11.1 Å². The SMILES string of the molecule is CCOC(=O)c1cn(C2CC2)c2cc(F)c(F)cc2c1=O.O=C(O)c1cn(C2CC2)c2cc(F)c(F)cc2c1=O.O=S(Cl)Cl. The number of hydrogen-bond donors (Lipinski definition) is 1. The van der Waals surface area contributed by atoms with Crippen LogP contribution < -0.4 is 10.9 Å². The van der Waals surface area contributed by atoms with Gasteiger partial charge in [0.25, 0.3) is 0 Å². The maximum Gasteiger partial charge on any atom is 0.343 e. The lowest BCUT2D eigenvalue weighted by molar-refractivity contribution is 0.0523. The summed E-state index contributed by atoms with van der Waals surface area (Å²) in [4.78, 5) is 47.1. The van der Waals surface area contributed by atoms with Crippen LogP contribution in [0.4, 0.5) is 17.6 Å². The number of carbonyl (C=O) groups excluding carboxylic acids is 1. The van der Waals surface area contributed by atoms with Gasteiger partial charge < -0.3 is 19.0 Å². The van der Waals surface area contributed by atoms with Gasteiger partial charge in [0, 0.05) is 68.7 Å². The third kappa shape index (κ3) is 7.30. The lowest BCUT2D eigenvalue weighted by atomic mass is 10.1. The quantitative estimate of drug-likeness (QED) is 0.153. The minimum absolute atomic E-state index is 0.00801. The van der Waals surface area contributed by atoms with E-state index >= 15 is 0 Å². The molecule has 0 spiro atoms. The number of ether oxygens (including phenoxy) is 1. The molecule has 44 heavy (non-hydrogen) atoms. The molecular formula is C28H22Cl2F4N2O7S. The molecule has 6 rings (SSSR count). The topological polar surface area (TPSA) is 125 Å². The van der Waals surface area contributed by atoms with Crippen LogP contribution in [0.25, 0.3) is 21.8 Å². The number of aromatic nitrogens is 2. The van der Waals surface area contributed by atoms with Crippen LogP contribution in [-0.4, -0.2) is 37.0 Å². The highest BCUT2D eigenvalue weighted by Gasteiger charge is 2.29. The van der Waals surface area contributed by atoms with Gasteiger partial charge >= 0.3 is 11.9 Å². The number of halogens is 6. The Morgan fingerprint density at radius 3 is 1.55 bits per heavy atom. The number of nitrogens with zero attached hydrogens (tertiary/aromatic N) is 2. The van der Waals surface area contributed by atoms with Crippen molar-refractivity contribution in [3.8, 4) is 0 Å². The fourth-order valence-electron chi connectivity index (χ4n) is 4.50. The van der Waals surface area contributed by atoms with Crippen molar-refractivity contribution in [2.45, 2.75) is 44.7 Å². The predicted molar refractivity (Wildman–Crippen MR) is 156 cm³/mol. The molecule has 234 valence electrons. The molecule has 2 aliphatic rings. The number of aromatic carboxylic acids is 1. The molecule has 9 nitrogen and oxygen atoms in total. The average molecular weight is 677 g/mol. The van der Waals surface area contributed by atoms with Crippen LogP contribution >= 0.6 is 21.4 Å². The zero-order valence-corrected chi connectivity index (χ0v) is 24.9. The van der Waals surface area contributed by atoms with Gasteiger partial charge in [-0.05, 0) is 44.7 Å². The number of fused-ring (bicyclic) bond motifs is 2. The van der Waals surface area contributed by atoms with Crippen molar-refractivity contribution in [3.63, 3.8) is 0 Å². The number of rotatable bonds is 5. The molecular weight excluding hydrogens is 655 g/mol. The molecule has 4 aromatic rings. The molecule has 2 saturated carbocycles. The van der Waals surface area contributed by atoms with Crippen LogP contribution in [0.15, 0.2) is 46.2 Å². The van der Waals surface area contributed by atoms with E-state index in [-0.39, 0.29) is 40.5 Å². The van der Waals surface area contributed by atoms with Gasteiger partial charge in [0.15, 0.2) is 23.3 Å². The van der Waals surface area contributed by atoms with E-state index in [1.165, 1.54) is 12.4 Å². The molecule has 2 aliphatic carbocycles. The fourth-order valence-corrected chi connectivity index (χ4v) is 4.50. The Hall–Kier alpha value is -3.75. The van der Waals surface area contributed by atoms with Gasteiger partial charge in [-0.1, -0.05) is 0 Å². The van der Waals surface area contributed by atoms with E-state index in [0.717, 1.165) is 49.9 Å². The van der Waals surface area contributed by atoms with Crippen molar-refractivity contribution in [1.29, 1.82) is 0 Å². The van der Waals surface area contributed by atoms with Crippen LogP contribution in [0, 0.1) is 23.3 Å².